The van der Waals surface area contributed by atoms with Crippen LogP contribution >= 0.6 is 0 Å². The molecule has 0 heterocycles. The average Bonchev–Trinajstić information content (AvgIpc) is 2.97. The maximum Gasteiger partial charge on any atom is 0.306 e. The smallest absolute Gasteiger partial charge is 0.306 e. The third-order valence-corrected chi connectivity index (χ3v) is 6.46. The van der Waals surface area contributed by atoms with Gasteiger partial charge in [-0.2, -0.15) is 4.72 Å². The van der Waals surface area contributed by atoms with E-state index in [1.54, 1.807) is 24.3 Å². The number of hydrogen-bond acceptors (Lipinski definition) is 4. The van der Waals surface area contributed by atoms with E-state index in [-0.39, 0.29) is 10.9 Å². The van der Waals surface area contributed by atoms with E-state index in [1.807, 2.05) is 31.2 Å². The zero-order chi connectivity index (χ0) is 20.3. The van der Waals surface area contributed by atoms with Gasteiger partial charge in [-0.1, -0.05) is 55.8 Å². The summed E-state index contributed by atoms with van der Waals surface area (Å²) in [5.41, 5.74) is 2.85. The Labute approximate surface area is 167 Å². The minimum atomic E-state index is -3.74. The number of benzene rings is 2. The molecule has 0 spiro atoms. The van der Waals surface area contributed by atoms with Crippen molar-refractivity contribution >= 4 is 16.0 Å². The molecule has 3 rings (SSSR count). The highest BCUT2D eigenvalue weighted by atomic mass is 32.2. The van der Waals surface area contributed by atoms with Gasteiger partial charge in [0.25, 0.3) is 0 Å². The van der Waals surface area contributed by atoms with Crippen LogP contribution in [0.25, 0.3) is 0 Å². The molecule has 0 bridgehead atoms. The number of ether oxygens (including phenoxy) is 1. The Kier molecular flexibility index (Phi) is 6.20. The molecule has 150 valence electrons. The Morgan fingerprint density at radius 3 is 2.50 bits per heavy atom. The molecule has 2 atom stereocenters. The Bertz CT molecular complexity index is 935. The molecular formula is C22H27NO4S. The zero-order valence-electron chi connectivity index (χ0n) is 16.5. The lowest BCUT2D eigenvalue weighted by Crippen LogP contribution is -2.36. The Balaban J connectivity index is 1.82. The molecule has 2 aromatic carbocycles. The van der Waals surface area contributed by atoms with Crippen molar-refractivity contribution in [3.8, 4) is 0 Å². The summed E-state index contributed by atoms with van der Waals surface area (Å²) in [5.74, 6) is 0.121. The zero-order valence-corrected chi connectivity index (χ0v) is 17.3. The summed E-state index contributed by atoms with van der Waals surface area (Å²) in [5, 5.41) is 0. The summed E-state index contributed by atoms with van der Waals surface area (Å²) in [6, 6.07) is 13.7. The number of nitrogens with one attached hydrogen (secondary N) is 1. The molecule has 2 aromatic rings. The minimum Gasteiger partial charge on any atom is -0.460 e. The summed E-state index contributed by atoms with van der Waals surface area (Å²) >= 11 is 0. The van der Waals surface area contributed by atoms with Crippen LogP contribution in [0, 0.1) is 12.8 Å². The van der Waals surface area contributed by atoms with Gasteiger partial charge in [0.1, 0.15) is 6.10 Å². The first kappa shape index (κ1) is 20.6. The lowest BCUT2D eigenvalue weighted by molar-refractivity contribution is -0.150. The second-order valence-electron chi connectivity index (χ2n) is 7.78. The highest BCUT2D eigenvalue weighted by molar-refractivity contribution is 7.89. The van der Waals surface area contributed by atoms with E-state index < -0.39 is 22.2 Å². The van der Waals surface area contributed by atoms with Gasteiger partial charge in [0.2, 0.25) is 10.0 Å². The molecule has 0 amide bonds. The fraction of sp³-hybridized carbons (Fsp3) is 0.409. The van der Waals surface area contributed by atoms with Gasteiger partial charge in [0.05, 0.1) is 10.9 Å². The molecule has 0 radical (unpaired) electrons. The topological polar surface area (TPSA) is 72.5 Å². The van der Waals surface area contributed by atoms with Gasteiger partial charge >= 0.3 is 5.97 Å². The van der Waals surface area contributed by atoms with Gasteiger partial charge in [-0.15, -0.1) is 0 Å². The first-order chi connectivity index (χ1) is 13.3. The first-order valence-corrected chi connectivity index (χ1v) is 11.1. The average molecular weight is 402 g/mol. The van der Waals surface area contributed by atoms with Crippen LogP contribution in [-0.4, -0.2) is 20.5 Å². The molecule has 0 unspecified atom stereocenters. The van der Waals surface area contributed by atoms with Gasteiger partial charge in [-0.25, -0.2) is 8.42 Å². The van der Waals surface area contributed by atoms with Gasteiger partial charge < -0.3 is 4.74 Å². The molecule has 6 heteroatoms. The molecule has 1 N–H and O–H groups in total. The number of esters is 1. The largest absolute Gasteiger partial charge is 0.460 e. The lowest BCUT2D eigenvalue weighted by atomic mass is 10.1. The lowest BCUT2D eigenvalue weighted by Gasteiger charge is -2.22. The number of rotatable bonds is 7. The molecular weight excluding hydrogens is 374 g/mol. The van der Waals surface area contributed by atoms with Gasteiger partial charge in [-0.05, 0) is 42.5 Å². The summed E-state index contributed by atoms with van der Waals surface area (Å²) in [4.78, 5) is 12.5. The SMILES string of the molecule is Cc1ccc(S(=O)(=O)N[C@H]2c3ccccc3C[C@H]2OC(=O)CCC(C)C)cc1. The molecule has 1 aliphatic rings. The molecule has 5 nitrogen and oxygen atoms in total. The Morgan fingerprint density at radius 1 is 1.14 bits per heavy atom. The molecule has 28 heavy (non-hydrogen) atoms. The van der Waals surface area contributed by atoms with E-state index in [2.05, 4.69) is 18.6 Å². The van der Waals surface area contributed by atoms with Crippen molar-refractivity contribution in [2.45, 2.75) is 57.1 Å². The molecule has 0 aliphatic heterocycles. The van der Waals surface area contributed by atoms with Crippen LogP contribution in [-0.2, 0) is 26.0 Å². The fourth-order valence-electron chi connectivity index (χ4n) is 3.39. The van der Waals surface area contributed by atoms with Crippen molar-refractivity contribution in [1.29, 1.82) is 0 Å². The van der Waals surface area contributed by atoms with Crippen molar-refractivity contribution in [2.24, 2.45) is 5.92 Å². The predicted octanol–water partition coefficient (Wildman–Crippen LogP) is 3.92. The van der Waals surface area contributed by atoms with Crippen LogP contribution in [0.3, 0.4) is 0 Å². The summed E-state index contributed by atoms with van der Waals surface area (Å²) < 4.78 is 34.3. The monoisotopic (exact) mass is 401 g/mol. The van der Waals surface area contributed by atoms with Crippen molar-refractivity contribution < 1.29 is 17.9 Å². The van der Waals surface area contributed by atoms with E-state index in [1.165, 1.54) is 0 Å². The molecule has 0 saturated heterocycles. The highest BCUT2D eigenvalue weighted by Crippen LogP contribution is 2.35. The van der Waals surface area contributed by atoms with E-state index >= 15 is 0 Å². The van der Waals surface area contributed by atoms with E-state index in [0.717, 1.165) is 23.1 Å². The number of hydrogen-bond donors (Lipinski definition) is 1. The number of carbonyl (C=O) groups excluding carboxylic acids is 1. The van der Waals surface area contributed by atoms with Crippen molar-refractivity contribution in [2.75, 3.05) is 0 Å². The minimum absolute atomic E-state index is 0.201. The van der Waals surface area contributed by atoms with E-state index in [4.69, 9.17) is 4.74 Å². The molecule has 0 fully saturated rings. The highest BCUT2D eigenvalue weighted by Gasteiger charge is 2.37. The van der Waals surface area contributed by atoms with Crippen LogP contribution < -0.4 is 4.72 Å². The summed E-state index contributed by atoms with van der Waals surface area (Å²) in [7, 11) is -3.74. The Hall–Kier alpha value is -2.18. The predicted molar refractivity (Wildman–Crippen MR) is 108 cm³/mol. The van der Waals surface area contributed by atoms with Crippen LogP contribution in [0.4, 0.5) is 0 Å². The van der Waals surface area contributed by atoms with Gasteiger partial charge in [-0.3, -0.25) is 4.79 Å². The standard InChI is InChI=1S/C22H27NO4S/c1-15(2)8-13-21(24)27-20-14-17-6-4-5-7-19(17)22(20)23-28(25,26)18-11-9-16(3)10-12-18/h4-7,9-12,15,20,22-23H,8,13-14H2,1-3H3/t20-,22+/m1/s1. The van der Waals surface area contributed by atoms with Crippen LogP contribution in [0.1, 0.15) is 49.4 Å². The van der Waals surface area contributed by atoms with Gasteiger partial charge in [0, 0.05) is 12.8 Å². The summed E-state index contributed by atoms with van der Waals surface area (Å²) in [6.07, 6.45) is 1.04. The second kappa shape index (κ2) is 8.45. The van der Waals surface area contributed by atoms with Crippen molar-refractivity contribution in [3.05, 3.63) is 65.2 Å². The maximum absolute atomic E-state index is 12.9. The molecule has 1 aliphatic carbocycles. The third-order valence-electron chi connectivity index (χ3n) is 5.01. The normalized spacial score (nSPS) is 18.9. The first-order valence-electron chi connectivity index (χ1n) is 9.62. The van der Waals surface area contributed by atoms with Crippen molar-refractivity contribution in [1.82, 2.24) is 4.72 Å². The Morgan fingerprint density at radius 2 is 1.82 bits per heavy atom. The second-order valence-corrected chi connectivity index (χ2v) is 9.49. The molecule has 0 saturated carbocycles. The molecule has 0 aromatic heterocycles. The number of aryl methyl sites for hydroxylation is 1. The maximum atomic E-state index is 12.9. The quantitative estimate of drug-likeness (QED) is 0.714. The number of fused-ring (bicyclic) bond motifs is 1. The van der Waals surface area contributed by atoms with Crippen LogP contribution in [0.2, 0.25) is 0 Å². The number of carbonyl (C=O) groups is 1. The van der Waals surface area contributed by atoms with Crippen molar-refractivity contribution in [3.63, 3.8) is 0 Å². The summed E-state index contributed by atoms with van der Waals surface area (Å²) in [6.45, 7) is 6.01. The van der Waals surface area contributed by atoms with Gasteiger partial charge in [0.15, 0.2) is 0 Å². The van der Waals surface area contributed by atoms with Crippen LogP contribution in [0.15, 0.2) is 53.4 Å². The fourth-order valence-corrected chi connectivity index (χ4v) is 4.64. The van der Waals surface area contributed by atoms with E-state index in [0.29, 0.717) is 18.8 Å². The van der Waals surface area contributed by atoms with Crippen LogP contribution in [0.5, 0.6) is 0 Å². The van der Waals surface area contributed by atoms with E-state index in [9.17, 15) is 13.2 Å². The number of sulfonamides is 1. The third kappa shape index (κ3) is 4.80.